The van der Waals surface area contributed by atoms with E-state index in [1.54, 1.807) is 0 Å². The fourth-order valence-electron chi connectivity index (χ4n) is 2.64. The Morgan fingerprint density at radius 3 is 2.12 bits per heavy atom. The molecule has 0 aromatic heterocycles. The molecule has 2 unspecified atom stereocenters. The molecular weight excluding hydrogens is 216 g/mol. The van der Waals surface area contributed by atoms with Gasteiger partial charge in [0.1, 0.15) is 0 Å². The third-order valence-electron chi connectivity index (χ3n) is 3.34. The highest BCUT2D eigenvalue weighted by atomic mass is 28.4. The van der Waals surface area contributed by atoms with Crippen molar-refractivity contribution in [2.75, 3.05) is 13.2 Å². The summed E-state index contributed by atoms with van der Waals surface area (Å²) in [7, 11) is -2.01. The van der Waals surface area contributed by atoms with Gasteiger partial charge in [0, 0.05) is 24.8 Å². The van der Waals surface area contributed by atoms with Crippen molar-refractivity contribution >= 4 is 8.56 Å². The molecule has 0 spiro atoms. The fraction of sp³-hybridized carbons (Fsp3) is 0.846. The molecule has 16 heavy (non-hydrogen) atoms. The summed E-state index contributed by atoms with van der Waals surface area (Å²) in [6.07, 6.45) is 2.56. The van der Waals surface area contributed by atoms with Crippen LogP contribution in [-0.4, -0.2) is 21.8 Å². The van der Waals surface area contributed by atoms with Crippen LogP contribution in [0.1, 0.15) is 40.5 Å². The van der Waals surface area contributed by atoms with Crippen molar-refractivity contribution in [1.29, 1.82) is 0 Å². The van der Waals surface area contributed by atoms with Gasteiger partial charge in [-0.3, -0.25) is 0 Å². The Bertz CT molecular complexity index is 234. The molecule has 1 fully saturated rings. The molecule has 94 valence electrons. The predicted molar refractivity (Wildman–Crippen MR) is 70.8 cm³/mol. The first kappa shape index (κ1) is 13.9. The summed E-state index contributed by atoms with van der Waals surface area (Å²) < 4.78 is 12.2. The van der Waals surface area contributed by atoms with Crippen LogP contribution in [0.15, 0.2) is 12.2 Å². The maximum Gasteiger partial charge on any atom is 0.345 e. The summed E-state index contributed by atoms with van der Waals surface area (Å²) in [5.74, 6) is 0.837. The lowest BCUT2D eigenvalue weighted by atomic mass is 10.3. The van der Waals surface area contributed by atoms with E-state index in [4.69, 9.17) is 8.85 Å². The second-order valence-electron chi connectivity index (χ2n) is 4.82. The molecule has 1 aliphatic rings. The summed E-state index contributed by atoms with van der Waals surface area (Å²) in [5.41, 5.74) is 1.91. The summed E-state index contributed by atoms with van der Waals surface area (Å²) in [5, 5.41) is 0. The van der Waals surface area contributed by atoms with E-state index in [0.29, 0.717) is 5.54 Å². The maximum absolute atomic E-state index is 6.09. The van der Waals surface area contributed by atoms with E-state index in [0.717, 1.165) is 25.2 Å². The molecule has 0 bridgehead atoms. The smallest absolute Gasteiger partial charge is 0.345 e. The third kappa shape index (κ3) is 3.19. The van der Waals surface area contributed by atoms with Gasteiger partial charge in [0.25, 0.3) is 0 Å². The first-order valence-corrected chi connectivity index (χ1v) is 8.62. The molecule has 2 nitrogen and oxygen atoms in total. The van der Waals surface area contributed by atoms with Crippen LogP contribution in [0.5, 0.6) is 0 Å². The van der Waals surface area contributed by atoms with Crippen LogP contribution in [0.2, 0.25) is 11.6 Å². The topological polar surface area (TPSA) is 18.5 Å². The number of hydrogen-bond donors (Lipinski definition) is 0. The van der Waals surface area contributed by atoms with Crippen LogP contribution in [0.3, 0.4) is 0 Å². The summed E-state index contributed by atoms with van der Waals surface area (Å²) in [4.78, 5) is 0. The second-order valence-corrected chi connectivity index (χ2v) is 8.12. The van der Waals surface area contributed by atoms with Crippen LogP contribution in [0.25, 0.3) is 0 Å². The molecule has 0 amide bonds. The van der Waals surface area contributed by atoms with Gasteiger partial charge in [-0.1, -0.05) is 18.9 Å². The summed E-state index contributed by atoms with van der Waals surface area (Å²) in [6, 6.07) is 0.968. The van der Waals surface area contributed by atoms with E-state index in [1.165, 1.54) is 18.4 Å². The van der Waals surface area contributed by atoms with Crippen LogP contribution in [-0.2, 0) is 8.85 Å². The van der Waals surface area contributed by atoms with Gasteiger partial charge < -0.3 is 8.85 Å². The van der Waals surface area contributed by atoms with E-state index in [1.807, 2.05) is 0 Å². The largest absolute Gasteiger partial charge is 0.394 e. The Labute approximate surface area is 101 Å². The van der Waals surface area contributed by atoms with Crippen LogP contribution < -0.4 is 0 Å². The molecule has 2 atom stereocenters. The van der Waals surface area contributed by atoms with Gasteiger partial charge in [0.2, 0.25) is 0 Å². The average Bonchev–Trinajstić information content (AvgIpc) is 2.96. The molecule has 0 aromatic rings. The Morgan fingerprint density at radius 1 is 1.25 bits per heavy atom. The van der Waals surface area contributed by atoms with Crippen LogP contribution in [0.4, 0.5) is 0 Å². The molecule has 0 aliphatic heterocycles. The summed E-state index contributed by atoms with van der Waals surface area (Å²) in [6.45, 7) is 14.1. The van der Waals surface area contributed by atoms with Gasteiger partial charge in [-0.15, -0.1) is 6.58 Å². The molecule has 1 aliphatic carbocycles. The van der Waals surface area contributed by atoms with Gasteiger partial charge in [0.15, 0.2) is 0 Å². The molecule has 3 heteroatoms. The minimum absolute atomic E-state index is 0.703. The van der Waals surface area contributed by atoms with E-state index in [9.17, 15) is 0 Å². The van der Waals surface area contributed by atoms with Crippen LogP contribution >= 0.6 is 0 Å². The molecule has 0 saturated heterocycles. The summed E-state index contributed by atoms with van der Waals surface area (Å²) >= 11 is 0. The molecule has 0 heterocycles. The zero-order chi connectivity index (χ0) is 12.2. The Hall–Kier alpha value is -0.123. The molecular formula is C13H26O2Si. The van der Waals surface area contributed by atoms with Crippen LogP contribution in [0, 0.1) is 5.92 Å². The minimum Gasteiger partial charge on any atom is -0.394 e. The Balaban J connectivity index is 2.74. The first-order valence-electron chi connectivity index (χ1n) is 6.51. The number of allylic oxidation sites excluding steroid dienone is 1. The van der Waals surface area contributed by atoms with Crippen molar-refractivity contribution in [3.8, 4) is 0 Å². The van der Waals surface area contributed by atoms with E-state index in [-0.39, 0.29) is 0 Å². The van der Waals surface area contributed by atoms with E-state index in [2.05, 4.69) is 34.3 Å². The van der Waals surface area contributed by atoms with Crippen molar-refractivity contribution in [3.63, 3.8) is 0 Å². The van der Waals surface area contributed by atoms with Gasteiger partial charge in [-0.2, -0.15) is 0 Å². The van der Waals surface area contributed by atoms with Crippen molar-refractivity contribution < 1.29 is 8.85 Å². The lowest BCUT2D eigenvalue weighted by molar-refractivity contribution is 0.181. The first-order chi connectivity index (χ1) is 7.59. The minimum atomic E-state index is -2.01. The number of hydrogen-bond acceptors (Lipinski definition) is 2. The standard InChI is InChI=1S/C13H26O2Si/c1-6-12-9-13(12)16(14-7-2,15-8-3)10-11(4)5/h12-13H,4,6-10H2,1-3,5H3. The fourth-order valence-corrected chi connectivity index (χ4v) is 7.05. The van der Waals surface area contributed by atoms with E-state index >= 15 is 0 Å². The zero-order valence-electron chi connectivity index (χ0n) is 11.2. The van der Waals surface area contributed by atoms with Crippen molar-refractivity contribution in [3.05, 3.63) is 12.2 Å². The highest BCUT2D eigenvalue weighted by Crippen LogP contribution is 2.55. The van der Waals surface area contributed by atoms with Crippen molar-refractivity contribution in [2.24, 2.45) is 5.92 Å². The lowest BCUT2D eigenvalue weighted by Crippen LogP contribution is -2.43. The van der Waals surface area contributed by atoms with Crippen molar-refractivity contribution in [2.45, 2.75) is 52.1 Å². The Kier molecular flexibility index (Phi) is 5.22. The highest BCUT2D eigenvalue weighted by molar-refractivity contribution is 6.70. The lowest BCUT2D eigenvalue weighted by Gasteiger charge is -2.31. The normalized spacial score (nSPS) is 24.5. The molecule has 0 aromatic carbocycles. The molecule has 1 rings (SSSR count). The van der Waals surface area contributed by atoms with Gasteiger partial charge in [-0.25, -0.2) is 0 Å². The SMILES string of the molecule is C=C(C)C[Si](OCC)(OCC)C1CC1CC. The number of rotatable bonds is 8. The maximum atomic E-state index is 6.09. The zero-order valence-corrected chi connectivity index (χ0v) is 12.2. The highest BCUT2D eigenvalue weighted by Gasteiger charge is 2.57. The van der Waals surface area contributed by atoms with Gasteiger partial charge in [0.05, 0.1) is 0 Å². The van der Waals surface area contributed by atoms with Gasteiger partial charge >= 0.3 is 8.56 Å². The predicted octanol–water partition coefficient (Wildman–Crippen LogP) is 3.88. The third-order valence-corrected chi connectivity index (χ3v) is 7.83. The molecule has 1 saturated carbocycles. The van der Waals surface area contributed by atoms with Gasteiger partial charge in [-0.05, 0) is 33.1 Å². The van der Waals surface area contributed by atoms with Crippen molar-refractivity contribution in [1.82, 2.24) is 0 Å². The van der Waals surface area contributed by atoms with E-state index < -0.39 is 8.56 Å². The second kappa shape index (κ2) is 5.99. The molecule has 0 radical (unpaired) electrons. The average molecular weight is 242 g/mol. The molecule has 0 N–H and O–H groups in total. The Morgan fingerprint density at radius 2 is 1.81 bits per heavy atom. The quantitative estimate of drug-likeness (QED) is 0.475. The monoisotopic (exact) mass is 242 g/mol.